The van der Waals surface area contributed by atoms with Crippen molar-refractivity contribution < 1.29 is 19.2 Å². The average molecular weight is 426 g/mol. The van der Waals surface area contributed by atoms with Crippen molar-refractivity contribution >= 4 is 24.1 Å². The highest BCUT2D eigenvalue weighted by atomic mass is 16.2. The topological polar surface area (TPSA) is 148 Å². The molecule has 3 rings (SSSR count). The van der Waals surface area contributed by atoms with Gasteiger partial charge in [-0.3, -0.25) is 19.2 Å². The summed E-state index contributed by atoms with van der Waals surface area (Å²) < 4.78 is 0. The van der Waals surface area contributed by atoms with Gasteiger partial charge in [0.2, 0.25) is 24.1 Å². The van der Waals surface area contributed by atoms with E-state index in [1.807, 2.05) is 4.90 Å². The standard InChI is InChI=1S/C9H16N2O.C8H13N3O3.C4H10/c1-9(2)6-4-11(5-7(6)9)8(12)3-10;9-7(13)6(11-4-12)3-5-1-2-10-8(5)14;1-4(2)3/h6-7H,3-5,10H2,1-2H3;4-6H,1-3H2,(H2,9,13)(H,10,14)(H,11,12);4H,1-3H3. The van der Waals surface area contributed by atoms with Crippen LogP contribution in [-0.4, -0.2) is 61.3 Å². The van der Waals surface area contributed by atoms with E-state index >= 15 is 0 Å². The van der Waals surface area contributed by atoms with Gasteiger partial charge in [-0.05, 0) is 36.0 Å². The third-order valence-electron chi connectivity index (χ3n) is 5.95. The monoisotopic (exact) mass is 425 g/mol. The fraction of sp³-hybridized carbons (Fsp3) is 0.810. The maximum Gasteiger partial charge on any atom is 0.240 e. The minimum Gasteiger partial charge on any atom is -0.368 e. The number of nitrogens with zero attached hydrogens (tertiary/aromatic N) is 1. The van der Waals surface area contributed by atoms with E-state index in [2.05, 4.69) is 45.3 Å². The molecule has 4 amide bonds. The number of rotatable bonds is 6. The second-order valence-electron chi connectivity index (χ2n) is 9.52. The smallest absolute Gasteiger partial charge is 0.240 e. The van der Waals surface area contributed by atoms with Crippen molar-refractivity contribution in [2.45, 2.75) is 53.5 Å². The van der Waals surface area contributed by atoms with Crippen LogP contribution in [0.3, 0.4) is 0 Å². The van der Waals surface area contributed by atoms with Crippen LogP contribution < -0.4 is 22.1 Å². The number of primary amides is 1. The van der Waals surface area contributed by atoms with Crippen LogP contribution in [-0.2, 0) is 19.2 Å². The molecule has 4 unspecified atom stereocenters. The molecule has 0 bridgehead atoms. The predicted octanol–water partition coefficient (Wildman–Crippen LogP) is -0.166. The summed E-state index contributed by atoms with van der Waals surface area (Å²) in [5.74, 6) is 1.51. The number of carbonyl (C=O) groups is 4. The van der Waals surface area contributed by atoms with Crippen LogP contribution in [0.2, 0.25) is 0 Å². The van der Waals surface area contributed by atoms with Gasteiger partial charge in [0.1, 0.15) is 6.04 Å². The molecule has 30 heavy (non-hydrogen) atoms. The average Bonchev–Trinajstić information content (AvgIpc) is 3.08. The van der Waals surface area contributed by atoms with Crippen molar-refractivity contribution in [3.8, 4) is 0 Å². The van der Waals surface area contributed by atoms with E-state index < -0.39 is 11.9 Å². The van der Waals surface area contributed by atoms with Gasteiger partial charge in [0.15, 0.2) is 0 Å². The summed E-state index contributed by atoms with van der Waals surface area (Å²) in [6.45, 7) is 13.7. The van der Waals surface area contributed by atoms with Crippen LogP contribution in [0.1, 0.15) is 47.5 Å². The normalized spacial score (nSPS) is 26.3. The Balaban J connectivity index is 0.000000257. The van der Waals surface area contributed by atoms with E-state index in [9.17, 15) is 19.2 Å². The van der Waals surface area contributed by atoms with Crippen molar-refractivity contribution in [3.05, 3.63) is 0 Å². The van der Waals surface area contributed by atoms with E-state index in [4.69, 9.17) is 11.5 Å². The summed E-state index contributed by atoms with van der Waals surface area (Å²) in [4.78, 5) is 45.3. The highest BCUT2D eigenvalue weighted by Crippen LogP contribution is 2.61. The Hall–Kier alpha value is -2.16. The Labute approximate surface area is 179 Å². The Morgan fingerprint density at radius 2 is 1.80 bits per heavy atom. The summed E-state index contributed by atoms with van der Waals surface area (Å²) in [5.41, 5.74) is 10.8. The molecule has 4 atom stereocenters. The lowest BCUT2D eigenvalue weighted by Crippen LogP contribution is -2.42. The summed E-state index contributed by atoms with van der Waals surface area (Å²) in [6.07, 6.45) is 1.38. The molecule has 2 heterocycles. The molecule has 0 aromatic rings. The first-order valence-corrected chi connectivity index (χ1v) is 10.7. The van der Waals surface area contributed by atoms with Crippen molar-refractivity contribution in [1.82, 2.24) is 15.5 Å². The van der Waals surface area contributed by atoms with Crippen LogP contribution in [0.5, 0.6) is 0 Å². The summed E-state index contributed by atoms with van der Waals surface area (Å²) >= 11 is 0. The van der Waals surface area contributed by atoms with Crippen molar-refractivity contribution in [2.24, 2.45) is 40.6 Å². The molecular formula is C21H39N5O4. The fourth-order valence-corrected chi connectivity index (χ4v) is 3.97. The number of fused-ring (bicyclic) bond motifs is 1. The summed E-state index contributed by atoms with van der Waals surface area (Å²) in [7, 11) is 0. The third kappa shape index (κ3) is 7.27. The van der Waals surface area contributed by atoms with Gasteiger partial charge in [-0.15, -0.1) is 0 Å². The second kappa shape index (κ2) is 11.3. The maximum absolute atomic E-state index is 11.2. The number of nitrogens with one attached hydrogen (secondary N) is 2. The van der Waals surface area contributed by atoms with Gasteiger partial charge in [0.25, 0.3) is 0 Å². The van der Waals surface area contributed by atoms with Gasteiger partial charge >= 0.3 is 0 Å². The zero-order valence-corrected chi connectivity index (χ0v) is 18.9. The molecule has 0 aromatic carbocycles. The Morgan fingerprint density at radius 1 is 1.27 bits per heavy atom. The summed E-state index contributed by atoms with van der Waals surface area (Å²) in [5, 5.41) is 4.94. The highest BCUT2D eigenvalue weighted by Gasteiger charge is 2.62. The zero-order valence-electron chi connectivity index (χ0n) is 18.9. The van der Waals surface area contributed by atoms with E-state index in [1.165, 1.54) is 0 Å². The largest absolute Gasteiger partial charge is 0.368 e. The van der Waals surface area contributed by atoms with Crippen molar-refractivity contribution in [3.63, 3.8) is 0 Å². The predicted molar refractivity (Wildman–Crippen MR) is 115 cm³/mol. The molecule has 2 saturated heterocycles. The molecule has 2 aliphatic heterocycles. The molecule has 0 spiro atoms. The van der Waals surface area contributed by atoms with E-state index in [-0.39, 0.29) is 30.7 Å². The van der Waals surface area contributed by atoms with Gasteiger partial charge in [-0.2, -0.15) is 0 Å². The third-order valence-corrected chi connectivity index (χ3v) is 5.95. The molecule has 0 radical (unpaired) electrons. The maximum atomic E-state index is 11.2. The number of nitrogens with two attached hydrogens (primary N) is 2. The lowest BCUT2D eigenvalue weighted by molar-refractivity contribution is -0.129. The SMILES string of the molecule is CC(C)C.CC1(C)C2CN(C(=O)CN)CC21.NC(=O)C(CC1CCNC1=O)NC=O. The molecule has 1 saturated carbocycles. The Kier molecular flexibility index (Phi) is 9.74. The lowest BCUT2D eigenvalue weighted by atomic mass is 9.98. The summed E-state index contributed by atoms with van der Waals surface area (Å²) in [6, 6.07) is -0.749. The first-order chi connectivity index (χ1) is 13.9. The minimum atomic E-state index is -0.749. The first-order valence-electron chi connectivity index (χ1n) is 10.7. The van der Waals surface area contributed by atoms with E-state index in [1.54, 1.807) is 0 Å². The zero-order chi connectivity index (χ0) is 23.1. The number of carbonyl (C=O) groups excluding carboxylic acids is 4. The number of likely N-dealkylation sites (tertiary alicyclic amines) is 1. The number of hydrogen-bond donors (Lipinski definition) is 4. The van der Waals surface area contributed by atoms with Crippen molar-refractivity contribution in [2.75, 3.05) is 26.2 Å². The van der Waals surface area contributed by atoms with Gasteiger partial charge in [0, 0.05) is 25.6 Å². The lowest BCUT2D eigenvalue weighted by Gasteiger charge is -2.21. The number of piperidine rings is 1. The van der Waals surface area contributed by atoms with Crippen LogP contribution in [0.4, 0.5) is 0 Å². The number of amides is 4. The van der Waals surface area contributed by atoms with Crippen LogP contribution in [0.15, 0.2) is 0 Å². The van der Waals surface area contributed by atoms with Crippen LogP contribution in [0, 0.1) is 29.1 Å². The van der Waals surface area contributed by atoms with Gasteiger partial charge in [-0.25, -0.2) is 0 Å². The second-order valence-corrected chi connectivity index (χ2v) is 9.52. The molecule has 3 fully saturated rings. The molecule has 0 aromatic heterocycles. The van der Waals surface area contributed by atoms with Gasteiger partial charge in [0.05, 0.1) is 6.54 Å². The molecule has 1 aliphatic carbocycles. The van der Waals surface area contributed by atoms with Crippen molar-refractivity contribution in [1.29, 1.82) is 0 Å². The Bertz CT molecular complexity index is 606. The van der Waals surface area contributed by atoms with Gasteiger partial charge < -0.3 is 27.0 Å². The quantitative estimate of drug-likeness (QED) is 0.436. The molecule has 172 valence electrons. The Morgan fingerprint density at radius 3 is 2.17 bits per heavy atom. The minimum absolute atomic E-state index is 0.0797. The van der Waals surface area contributed by atoms with E-state index in [0.29, 0.717) is 24.8 Å². The number of hydrogen-bond acceptors (Lipinski definition) is 5. The van der Waals surface area contributed by atoms with E-state index in [0.717, 1.165) is 30.8 Å². The molecule has 9 heteroatoms. The fourth-order valence-electron chi connectivity index (χ4n) is 3.97. The first kappa shape index (κ1) is 25.9. The van der Waals surface area contributed by atoms with Crippen LogP contribution in [0.25, 0.3) is 0 Å². The molecular weight excluding hydrogens is 386 g/mol. The molecule has 6 N–H and O–H groups in total. The molecule has 9 nitrogen and oxygen atoms in total. The van der Waals surface area contributed by atoms with Crippen LogP contribution >= 0.6 is 0 Å². The molecule has 3 aliphatic rings. The highest BCUT2D eigenvalue weighted by molar-refractivity contribution is 5.85. The van der Waals surface area contributed by atoms with Gasteiger partial charge in [-0.1, -0.05) is 34.6 Å².